The van der Waals surface area contributed by atoms with E-state index >= 15 is 0 Å². The summed E-state index contributed by atoms with van der Waals surface area (Å²) in [5.74, 6) is -1.80. The molecule has 0 aliphatic rings. The van der Waals surface area contributed by atoms with Crippen LogP contribution in [0.3, 0.4) is 0 Å². The van der Waals surface area contributed by atoms with Gasteiger partial charge in [0.25, 0.3) is 0 Å². The van der Waals surface area contributed by atoms with Gasteiger partial charge < -0.3 is 21.5 Å². The molecule has 0 heterocycles. The van der Waals surface area contributed by atoms with Crippen molar-refractivity contribution < 1.29 is 19.5 Å². The van der Waals surface area contributed by atoms with Crippen molar-refractivity contribution in [1.29, 1.82) is 0 Å². The van der Waals surface area contributed by atoms with Crippen molar-refractivity contribution in [3.63, 3.8) is 0 Å². The fourth-order valence-corrected chi connectivity index (χ4v) is 1.16. The minimum Gasteiger partial charge on any atom is -0.480 e. The molecule has 7 heteroatoms. The van der Waals surface area contributed by atoms with Crippen molar-refractivity contribution in [3.05, 3.63) is 0 Å². The molecule has 0 saturated carbocycles. The van der Waals surface area contributed by atoms with Gasteiger partial charge in [-0.2, -0.15) is 0 Å². The standard InChI is InChI=1S/C12H23N3O4/c1-7(12(2,3)4)14-11(19)15-8(10(17)18)5-6-9(13)16/h7-8H,5-6H2,1-4H3,(H2,13,16)(H,17,18)(H2,14,15,19)/t7?,8-/m0/s1. The molecule has 2 atom stereocenters. The molecule has 5 N–H and O–H groups in total. The summed E-state index contributed by atoms with van der Waals surface area (Å²) < 4.78 is 0. The molecular formula is C12H23N3O4. The van der Waals surface area contributed by atoms with E-state index in [-0.39, 0.29) is 24.3 Å². The summed E-state index contributed by atoms with van der Waals surface area (Å²) in [5, 5.41) is 13.9. The van der Waals surface area contributed by atoms with E-state index in [9.17, 15) is 14.4 Å². The maximum Gasteiger partial charge on any atom is 0.326 e. The summed E-state index contributed by atoms with van der Waals surface area (Å²) in [6.07, 6.45) is -0.117. The number of carboxylic acids is 1. The quantitative estimate of drug-likeness (QED) is 0.561. The number of hydrogen-bond donors (Lipinski definition) is 4. The molecule has 0 bridgehead atoms. The monoisotopic (exact) mass is 273 g/mol. The van der Waals surface area contributed by atoms with Crippen molar-refractivity contribution >= 4 is 17.9 Å². The van der Waals surface area contributed by atoms with Crippen LogP contribution < -0.4 is 16.4 Å². The Morgan fingerprint density at radius 1 is 1.21 bits per heavy atom. The number of amides is 3. The third kappa shape index (κ3) is 7.28. The van der Waals surface area contributed by atoms with Crippen LogP contribution in [0.4, 0.5) is 4.79 Å². The molecule has 7 nitrogen and oxygen atoms in total. The number of carboxylic acid groups (broad SMARTS) is 1. The number of rotatable bonds is 6. The number of hydrogen-bond acceptors (Lipinski definition) is 3. The lowest BCUT2D eigenvalue weighted by Gasteiger charge is -2.28. The van der Waals surface area contributed by atoms with Crippen LogP contribution in [0.25, 0.3) is 0 Å². The Kier molecular flexibility index (Phi) is 6.31. The lowest BCUT2D eigenvalue weighted by molar-refractivity contribution is -0.139. The normalized spacial score (nSPS) is 14.3. The van der Waals surface area contributed by atoms with E-state index < -0.39 is 23.9 Å². The Morgan fingerprint density at radius 3 is 2.11 bits per heavy atom. The highest BCUT2D eigenvalue weighted by molar-refractivity contribution is 5.83. The number of aliphatic carboxylic acids is 1. The maximum atomic E-state index is 11.7. The Balaban J connectivity index is 4.40. The molecule has 0 fully saturated rings. The number of nitrogens with one attached hydrogen (secondary N) is 2. The Morgan fingerprint density at radius 2 is 1.74 bits per heavy atom. The van der Waals surface area contributed by atoms with Crippen LogP contribution in [-0.4, -0.2) is 35.1 Å². The van der Waals surface area contributed by atoms with Gasteiger partial charge in [-0.15, -0.1) is 0 Å². The minimum absolute atomic E-state index is 0.0258. The Bertz CT molecular complexity index is 349. The topological polar surface area (TPSA) is 122 Å². The van der Waals surface area contributed by atoms with Crippen LogP contribution in [0, 0.1) is 5.41 Å². The molecule has 0 aromatic rings. The average molecular weight is 273 g/mol. The SMILES string of the molecule is CC(NC(=O)N[C@@H](CCC(N)=O)C(=O)O)C(C)(C)C. The highest BCUT2D eigenvalue weighted by Crippen LogP contribution is 2.18. The molecule has 0 aromatic carbocycles. The minimum atomic E-state index is -1.19. The predicted octanol–water partition coefficient (Wildman–Crippen LogP) is 0.439. The summed E-state index contributed by atoms with van der Waals surface area (Å²) in [7, 11) is 0. The third-order valence-corrected chi connectivity index (χ3v) is 2.93. The van der Waals surface area contributed by atoms with Crippen molar-refractivity contribution in [2.45, 2.75) is 52.6 Å². The summed E-state index contributed by atoms with van der Waals surface area (Å²) in [6.45, 7) is 7.71. The summed E-state index contributed by atoms with van der Waals surface area (Å²) in [4.78, 5) is 33.2. The van der Waals surface area contributed by atoms with Crippen LogP contribution in [0.5, 0.6) is 0 Å². The summed E-state index contributed by atoms with van der Waals surface area (Å²) >= 11 is 0. The second-order valence-electron chi connectivity index (χ2n) is 5.60. The predicted molar refractivity (Wildman–Crippen MR) is 70.4 cm³/mol. The van der Waals surface area contributed by atoms with Crippen molar-refractivity contribution in [1.82, 2.24) is 10.6 Å². The molecule has 0 aromatic heterocycles. The number of nitrogens with two attached hydrogens (primary N) is 1. The first kappa shape index (κ1) is 17.2. The lowest BCUT2D eigenvalue weighted by Crippen LogP contribution is -2.51. The Hall–Kier alpha value is -1.79. The van der Waals surface area contributed by atoms with E-state index in [4.69, 9.17) is 10.8 Å². The van der Waals surface area contributed by atoms with Gasteiger partial charge in [-0.25, -0.2) is 9.59 Å². The second-order valence-corrected chi connectivity index (χ2v) is 5.60. The van der Waals surface area contributed by atoms with Crippen LogP contribution >= 0.6 is 0 Å². The van der Waals surface area contributed by atoms with Gasteiger partial charge >= 0.3 is 12.0 Å². The lowest BCUT2D eigenvalue weighted by atomic mass is 9.88. The fraction of sp³-hybridized carbons (Fsp3) is 0.750. The van der Waals surface area contributed by atoms with Crippen LogP contribution in [0.2, 0.25) is 0 Å². The summed E-state index contributed by atoms with van der Waals surface area (Å²) in [6, 6.07) is -1.82. The van der Waals surface area contributed by atoms with Crippen LogP contribution in [0.15, 0.2) is 0 Å². The highest BCUT2D eigenvalue weighted by atomic mass is 16.4. The van der Waals surface area contributed by atoms with E-state index in [1.165, 1.54) is 0 Å². The van der Waals surface area contributed by atoms with Gasteiger partial charge in [0, 0.05) is 12.5 Å². The maximum absolute atomic E-state index is 11.7. The molecular weight excluding hydrogens is 250 g/mol. The fourth-order valence-electron chi connectivity index (χ4n) is 1.16. The molecule has 0 aliphatic heterocycles. The molecule has 110 valence electrons. The second kappa shape index (κ2) is 6.96. The first-order chi connectivity index (χ1) is 8.54. The molecule has 0 saturated heterocycles. The van der Waals surface area contributed by atoms with Crippen LogP contribution in [0.1, 0.15) is 40.5 Å². The van der Waals surface area contributed by atoms with Crippen LogP contribution in [-0.2, 0) is 9.59 Å². The van der Waals surface area contributed by atoms with Gasteiger partial charge in [0.15, 0.2) is 0 Å². The van der Waals surface area contributed by atoms with E-state index in [1.54, 1.807) is 0 Å². The molecule has 3 amide bonds. The van der Waals surface area contributed by atoms with E-state index in [2.05, 4.69) is 10.6 Å². The van der Waals surface area contributed by atoms with Gasteiger partial charge in [-0.05, 0) is 18.8 Å². The molecule has 0 spiro atoms. The molecule has 0 radical (unpaired) electrons. The first-order valence-electron chi connectivity index (χ1n) is 6.12. The molecule has 0 aliphatic carbocycles. The van der Waals surface area contributed by atoms with E-state index in [1.807, 2.05) is 27.7 Å². The van der Waals surface area contributed by atoms with Crippen molar-refractivity contribution in [3.8, 4) is 0 Å². The first-order valence-corrected chi connectivity index (χ1v) is 6.12. The van der Waals surface area contributed by atoms with Gasteiger partial charge in [0.05, 0.1) is 0 Å². The zero-order valence-electron chi connectivity index (χ0n) is 11.8. The summed E-state index contributed by atoms with van der Waals surface area (Å²) in [5.41, 5.74) is 4.81. The van der Waals surface area contributed by atoms with Gasteiger partial charge in [0.2, 0.25) is 5.91 Å². The molecule has 1 unspecified atom stereocenters. The average Bonchev–Trinajstić information content (AvgIpc) is 2.21. The Labute approximate surface area is 112 Å². The van der Waals surface area contributed by atoms with Gasteiger partial charge in [0.1, 0.15) is 6.04 Å². The van der Waals surface area contributed by atoms with Gasteiger partial charge in [-0.3, -0.25) is 4.79 Å². The number of carbonyl (C=O) groups excluding carboxylic acids is 2. The largest absolute Gasteiger partial charge is 0.480 e. The zero-order chi connectivity index (χ0) is 15.2. The molecule has 0 rings (SSSR count). The van der Waals surface area contributed by atoms with Crippen molar-refractivity contribution in [2.24, 2.45) is 11.1 Å². The third-order valence-electron chi connectivity index (χ3n) is 2.93. The number of primary amides is 1. The van der Waals surface area contributed by atoms with E-state index in [0.29, 0.717) is 0 Å². The number of carbonyl (C=O) groups is 3. The zero-order valence-corrected chi connectivity index (χ0v) is 11.8. The van der Waals surface area contributed by atoms with Crippen molar-refractivity contribution in [2.75, 3.05) is 0 Å². The highest BCUT2D eigenvalue weighted by Gasteiger charge is 2.25. The number of urea groups is 1. The van der Waals surface area contributed by atoms with E-state index in [0.717, 1.165) is 0 Å². The molecule has 19 heavy (non-hydrogen) atoms. The smallest absolute Gasteiger partial charge is 0.326 e. The van der Waals surface area contributed by atoms with Gasteiger partial charge in [-0.1, -0.05) is 20.8 Å².